The van der Waals surface area contributed by atoms with Crippen LogP contribution in [0, 0.1) is 5.41 Å². The third-order valence-corrected chi connectivity index (χ3v) is 4.37. The summed E-state index contributed by atoms with van der Waals surface area (Å²) in [4.78, 5) is 0. The maximum Gasteiger partial charge on any atom is 0.0408 e. The normalized spacial score (nSPS) is 29.2. The Morgan fingerprint density at radius 3 is 3.00 bits per heavy atom. The van der Waals surface area contributed by atoms with Gasteiger partial charge in [0.2, 0.25) is 0 Å². The average Bonchev–Trinajstić information content (AvgIpc) is 2.29. The van der Waals surface area contributed by atoms with E-state index in [-0.39, 0.29) is 0 Å². The van der Waals surface area contributed by atoms with Crippen molar-refractivity contribution in [2.24, 2.45) is 5.41 Å². The highest BCUT2D eigenvalue weighted by Crippen LogP contribution is 2.44. The Morgan fingerprint density at radius 2 is 2.29 bits per heavy atom. The first-order valence-electron chi connectivity index (χ1n) is 6.62. The molecule has 2 rings (SSSR count). The Balaban J connectivity index is 2.27. The summed E-state index contributed by atoms with van der Waals surface area (Å²) in [5.74, 6) is 0.592. The molecule has 2 atom stereocenters. The minimum Gasteiger partial charge on any atom is -0.316 e. The second-order valence-electron chi connectivity index (χ2n) is 5.47. The SMILES string of the molecule is CCCC1(C)CCNCC1c1cccc(Cl)c1. The van der Waals surface area contributed by atoms with Crippen molar-refractivity contribution >= 4 is 11.6 Å². The van der Waals surface area contributed by atoms with E-state index < -0.39 is 0 Å². The molecule has 17 heavy (non-hydrogen) atoms. The van der Waals surface area contributed by atoms with Crippen LogP contribution in [0.4, 0.5) is 0 Å². The highest BCUT2D eigenvalue weighted by molar-refractivity contribution is 6.30. The van der Waals surface area contributed by atoms with Crippen molar-refractivity contribution in [2.45, 2.75) is 39.0 Å². The first-order valence-corrected chi connectivity index (χ1v) is 7.00. The molecular weight excluding hydrogens is 230 g/mol. The van der Waals surface area contributed by atoms with Crippen LogP contribution in [0.2, 0.25) is 5.02 Å². The lowest BCUT2D eigenvalue weighted by atomic mass is 9.67. The predicted octanol–water partition coefficient (Wildman–Crippen LogP) is 4.22. The van der Waals surface area contributed by atoms with E-state index in [0.717, 1.165) is 18.1 Å². The van der Waals surface area contributed by atoms with E-state index in [1.54, 1.807) is 0 Å². The molecular formula is C15H22ClN. The summed E-state index contributed by atoms with van der Waals surface area (Å²) in [7, 11) is 0. The maximum absolute atomic E-state index is 6.11. The van der Waals surface area contributed by atoms with Crippen LogP contribution >= 0.6 is 11.6 Å². The van der Waals surface area contributed by atoms with Gasteiger partial charge in [-0.1, -0.05) is 44.0 Å². The first kappa shape index (κ1) is 12.9. The molecule has 1 aromatic rings. The molecule has 94 valence electrons. The fourth-order valence-electron chi connectivity index (χ4n) is 3.15. The van der Waals surface area contributed by atoms with Gasteiger partial charge in [-0.15, -0.1) is 0 Å². The van der Waals surface area contributed by atoms with Gasteiger partial charge in [0.15, 0.2) is 0 Å². The van der Waals surface area contributed by atoms with Gasteiger partial charge in [-0.25, -0.2) is 0 Å². The number of nitrogens with one attached hydrogen (secondary N) is 1. The summed E-state index contributed by atoms with van der Waals surface area (Å²) < 4.78 is 0. The molecule has 2 unspecified atom stereocenters. The largest absolute Gasteiger partial charge is 0.316 e. The van der Waals surface area contributed by atoms with Crippen molar-refractivity contribution in [1.82, 2.24) is 5.32 Å². The zero-order valence-electron chi connectivity index (χ0n) is 10.8. The molecule has 0 spiro atoms. The molecule has 0 bridgehead atoms. The minimum atomic E-state index is 0.421. The van der Waals surface area contributed by atoms with Crippen molar-refractivity contribution in [3.05, 3.63) is 34.9 Å². The van der Waals surface area contributed by atoms with Gasteiger partial charge in [0, 0.05) is 17.5 Å². The van der Waals surface area contributed by atoms with Gasteiger partial charge in [0.05, 0.1) is 0 Å². The van der Waals surface area contributed by atoms with E-state index in [0.29, 0.717) is 11.3 Å². The Bertz CT molecular complexity index is 373. The molecule has 1 N–H and O–H groups in total. The summed E-state index contributed by atoms with van der Waals surface area (Å²) in [5, 5.41) is 4.38. The number of hydrogen-bond acceptors (Lipinski definition) is 1. The molecule has 1 aliphatic heterocycles. The fraction of sp³-hybridized carbons (Fsp3) is 0.600. The molecule has 2 heteroatoms. The van der Waals surface area contributed by atoms with E-state index in [4.69, 9.17) is 11.6 Å². The molecule has 1 saturated heterocycles. The Kier molecular flexibility index (Phi) is 4.11. The van der Waals surface area contributed by atoms with Crippen LogP contribution in [0.1, 0.15) is 44.6 Å². The standard InChI is InChI=1S/C15H22ClN/c1-3-7-15(2)8-9-17-11-14(15)12-5-4-6-13(16)10-12/h4-6,10,14,17H,3,7-9,11H2,1-2H3. The molecule has 1 heterocycles. The van der Waals surface area contributed by atoms with Gasteiger partial charge >= 0.3 is 0 Å². The van der Waals surface area contributed by atoms with Crippen molar-refractivity contribution < 1.29 is 0 Å². The highest BCUT2D eigenvalue weighted by Gasteiger charge is 2.36. The van der Waals surface area contributed by atoms with Crippen LogP contribution in [-0.4, -0.2) is 13.1 Å². The molecule has 1 aromatic carbocycles. The van der Waals surface area contributed by atoms with Crippen molar-refractivity contribution in [3.8, 4) is 0 Å². The van der Waals surface area contributed by atoms with Gasteiger partial charge in [-0.3, -0.25) is 0 Å². The van der Waals surface area contributed by atoms with Crippen molar-refractivity contribution in [1.29, 1.82) is 0 Å². The molecule has 0 aromatic heterocycles. The van der Waals surface area contributed by atoms with Gasteiger partial charge in [0.1, 0.15) is 0 Å². The topological polar surface area (TPSA) is 12.0 Å². The van der Waals surface area contributed by atoms with Gasteiger partial charge in [-0.2, -0.15) is 0 Å². The number of piperidine rings is 1. The third kappa shape index (κ3) is 2.83. The van der Waals surface area contributed by atoms with Crippen LogP contribution in [0.5, 0.6) is 0 Å². The monoisotopic (exact) mass is 251 g/mol. The zero-order chi connectivity index (χ0) is 12.3. The van der Waals surface area contributed by atoms with E-state index in [2.05, 4.69) is 37.4 Å². The molecule has 0 amide bonds. The summed E-state index contributed by atoms with van der Waals surface area (Å²) in [5.41, 5.74) is 1.81. The van der Waals surface area contributed by atoms with Crippen LogP contribution in [0.15, 0.2) is 24.3 Å². The predicted molar refractivity (Wildman–Crippen MR) is 74.7 cm³/mol. The van der Waals surface area contributed by atoms with Crippen LogP contribution < -0.4 is 5.32 Å². The molecule has 0 saturated carbocycles. The first-order chi connectivity index (χ1) is 8.15. The quantitative estimate of drug-likeness (QED) is 0.848. The average molecular weight is 252 g/mol. The zero-order valence-corrected chi connectivity index (χ0v) is 11.6. The second-order valence-corrected chi connectivity index (χ2v) is 5.90. The van der Waals surface area contributed by atoms with Crippen molar-refractivity contribution in [2.75, 3.05) is 13.1 Å². The smallest absolute Gasteiger partial charge is 0.0408 e. The van der Waals surface area contributed by atoms with E-state index in [9.17, 15) is 0 Å². The number of hydrogen-bond donors (Lipinski definition) is 1. The molecule has 0 radical (unpaired) electrons. The lowest BCUT2D eigenvalue weighted by Gasteiger charge is -2.42. The molecule has 0 aliphatic carbocycles. The van der Waals surface area contributed by atoms with Gasteiger partial charge in [-0.05, 0) is 42.5 Å². The molecule has 1 aliphatic rings. The minimum absolute atomic E-state index is 0.421. The van der Waals surface area contributed by atoms with Gasteiger partial charge < -0.3 is 5.32 Å². The number of halogens is 1. The Labute approximate surface area is 110 Å². The number of benzene rings is 1. The van der Waals surface area contributed by atoms with E-state index in [1.807, 2.05) is 6.07 Å². The van der Waals surface area contributed by atoms with E-state index >= 15 is 0 Å². The van der Waals surface area contributed by atoms with Crippen LogP contribution in [-0.2, 0) is 0 Å². The summed E-state index contributed by atoms with van der Waals surface area (Å²) in [6.45, 7) is 6.94. The fourth-order valence-corrected chi connectivity index (χ4v) is 3.35. The maximum atomic E-state index is 6.11. The summed E-state index contributed by atoms with van der Waals surface area (Å²) >= 11 is 6.11. The van der Waals surface area contributed by atoms with Gasteiger partial charge in [0.25, 0.3) is 0 Å². The van der Waals surface area contributed by atoms with Crippen LogP contribution in [0.25, 0.3) is 0 Å². The van der Waals surface area contributed by atoms with Crippen LogP contribution in [0.3, 0.4) is 0 Å². The lowest BCUT2D eigenvalue weighted by molar-refractivity contribution is 0.171. The lowest BCUT2D eigenvalue weighted by Crippen LogP contribution is -2.41. The summed E-state index contributed by atoms with van der Waals surface area (Å²) in [6, 6.07) is 8.38. The van der Waals surface area contributed by atoms with Crippen molar-refractivity contribution in [3.63, 3.8) is 0 Å². The Morgan fingerprint density at radius 1 is 1.47 bits per heavy atom. The Hall–Kier alpha value is -0.530. The highest BCUT2D eigenvalue weighted by atomic mass is 35.5. The van der Waals surface area contributed by atoms with E-state index in [1.165, 1.54) is 24.8 Å². The second kappa shape index (κ2) is 5.41. The number of rotatable bonds is 3. The molecule has 1 fully saturated rings. The summed E-state index contributed by atoms with van der Waals surface area (Å²) in [6.07, 6.45) is 3.82. The third-order valence-electron chi connectivity index (χ3n) is 4.13. The molecule has 1 nitrogen and oxygen atoms in total.